The van der Waals surface area contributed by atoms with Crippen molar-refractivity contribution in [1.29, 1.82) is 0 Å². The van der Waals surface area contributed by atoms with E-state index in [-0.39, 0.29) is 5.79 Å². The van der Waals surface area contributed by atoms with Crippen LogP contribution >= 0.6 is 0 Å². The minimum absolute atomic E-state index is 0.291. The molecule has 20 heavy (non-hydrogen) atoms. The van der Waals surface area contributed by atoms with E-state index in [0.29, 0.717) is 18.0 Å². The molecule has 1 N–H and O–H groups in total. The normalized spacial score (nSPS) is 29.7. The molecule has 2 atom stereocenters. The van der Waals surface area contributed by atoms with E-state index in [1.165, 1.54) is 6.42 Å². The highest BCUT2D eigenvalue weighted by Gasteiger charge is 2.46. The van der Waals surface area contributed by atoms with E-state index in [1.807, 2.05) is 0 Å². The van der Waals surface area contributed by atoms with Gasteiger partial charge in [-0.3, -0.25) is 0 Å². The summed E-state index contributed by atoms with van der Waals surface area (Å²) in [7, 11) is 2.25. The number of hydrogen-bond acceptors (Lipinski definition) is 4. The van der Waals surface area contributed by atoms with Crippen LogP contribution in [-0.4, -0.2) is 56.1 Å². The lowest BCUT2D eigenvalue weighted by Crippen LogP contribution is -2.57. The van der Waals surface area contributed by atoms with E-state index >= 15 is 0 Å². The summed E-state index contributed by atoms with van der Waals surface area (Å²) in [6.45, 7) is 10.5. The van der Waals surface area contributed by atoms with Crippen molar-refractivity contribution in [2.24, 2.45) is 5.92 Å². The Balaban J connectivity index is 2.01. The van der Waals surface area contributed by atoms with Crippen molar-refractivity contribution in [3.8, 4) is 0 Å². The summed E-state index contributed by atoms with van der Waals surface area (Å²) in [5.74, 6) is 0.399. The zero-order valence-electron chi connectivity index (χ0n) is 13.7. The fourth-order valence-electron chi connectivity index (χ4n) is 3.63. The van der Waals surface area contributed by atoms with Gasteiger partial charge in [-0.2, -0.15) is 0 Å². The Hall–Kier alpha value is -0.160. The highest BCUT2D eigenvalue weighted by molar-refractivity contribution is 4.96. The van der Waals surface area contributed by atoms with Gasteiger partial charge in [-0.15, -0.1) is 0 Å². The van der Waals surface area contributed by atoms with Gasteiger partial charge in [0.2, 0.25) is 0 Å². The van der Waals surface area contributed by atoms with E-state index in [0.717, 1.165) is 45.6 Å². The molecule has 1 spiro atoms. The van der Waals surface area contributed by atoms with Crippen LogP contribution in [0, 0.1) is 5.92 Å². The summed E-state index contributed by atoms with van der Waals surface area (Å²) in [6, 6.07) is 1.08. The average molecular weight is 284 g/mol. The SMILES string of the molecule is CCCNC1CCC2(CC1N(C)CC(C)C)OCCO2. The van der Waals surface area contributed by atoms with E-state index in [9.17, 15) is 0 Å². The van der Waals surface area contributed by atoms with Gasteiger partial charge in [0.25, 0.3) is 0 Å². The Morgan fingerprint density at radius 3 is 2.60 bits per heavy atom. The zero-order valence-corrected chi connectivity index (χ0v) is 13.7. The smallest absolute Gasteiger partial charge is 0.170 e. The fourth-order valence-corrected chi connectivity index (χ4v) is 3.63. The maximum Gasteiger partial charge on any atom is 0.170 e. The lowest BCUT2D eigenvalue weighted by Gasteiger charge is -2.45. The van der Waals surface area contributed by atoms with Gasteiger partial charge in [0.05, 0.1) is 13.2 Å². The van der Waals surface area contributed by atoms with Crippen molar-refractivity contribution in [2.75, 3.05) is 33.4 Å². The lowest BCUT2D eigenvalue weighted by atomic mass is 9.84. The topological polar surface area (TPSA) is 33.7 Å². The first kappa shape index (κ1) is 16.2. The summed E-state index contributed by atoms with van der Waals surface area (Å²) in [6.07, 6.45) is 4.36. The maximum atomic E-state index is 5.94. The van der Waals surface area contributed by atoms with Crippen LogP contribution in [0.3, 0.4) is 0 Å². The lowest BCUT2D eigenvalue weighted by molar-refractivity contribution is -0.192. The molecule has 2 rings (SSSR count). The second-order valence-corrected chi connectivity index (χ2v) is 6.81. The Morgan fingerprint density at radius 2 is 2.00 bits per heavy atom. The van der Waals surface area contributed by atoms with Crippen LogP contribution in [-0.2, 0) is 9.47 Å². The summed E-state index contributed by atoms with van der Waals surface area (Å²) < 4.78 is 11.9. The molecule has 2 aliphatic rings. The van der Waals surface area contributed by atoms with E-state index in [4.69, 9.17) is 9.47 Å². The molecular weight excluding hydrogens is 252 g/mol. The molecule has 118 valence electrons. The third-order valence-corrected chi connectivity index (χ3v) is 4.51. The van der Waals surface area contributed by atoms with E-state index < -0.39 is 0 Å². The summed E-state index contributed by atoms with van der Waals surface area (Å²) in [5.41, 5.74) is 0. The Morgan fingerprint density at radius 1 is 1.30 bits per heavy atom. The zero-order chi connectivity index (χ0) is 14.6. The van der Waals surface area contributed by atoms with Gasteiger partial charge in [0.1, 0.15) is 0 Å². The molecule has 1 heterocycles. The molecule has 0 amide bonds. The Bertz CT molecular complexity index is 290. The molecule has 1 saturated heterocycles. The van der Waals surface area contributed by atoms with Crippen LogP contribution < -0.4 is 5.32 Å². The molecule has 0 aromatic rings. The molecule has 1 aliphatic heterocycles. The van der Waals surface area contributed by atoms with Gasteiger partial charge in [-0.1, -0.05) is 20.8 Å². The van der Waals surface area contributed by atoms with Crippen LogP contribution in [0.15, 0.2) is 0 Å². The number of rotatable bonds is 6. The summed E-state index contributed by atoms with van der Waals surface area (Å²) >= 11 is 0. The van der Waals surface area contributed by atoms with Gasteiger partial charge in [0, 0.05) is 31.5 Å². The number of nitrogens with one attached hydrogen (secondary N) is 1. The minimum Gasteiger partial charge on any atom is -0.347 e. The quantitative estimate of drug-likeness (QED) is 0.811. The highest BCUT2D eigenvalue weighted by Crippen LogP contribution is 2.37. The molecule has 1 saturated carbocycles. The number of nitrogens with zero attached hydrogens (tertiary/aromatic N) is 1. The first-order chi connectivity index (χ1) is 9.56. The predicted octanol–water partition coefficient (Wildman–Crippen LogP) is 2.24. The number of ether oxygens (including phenoxy) is 2. The Labute approximate surface area is 124 Å². The molecule has 0 aromatic heterocycles. The van der Waals surface area contributed by atoms with Crippen LogP contribution in [0.2, 0.25) is 0 Å². The second-order valence-electron chi connectivity index (χ2n) is 6.81. The molecule has 1 aliphatic carbocycles. The maximum absolute atomic E-state index is 5.94. The van der Waals surface area contributed by atoms with Gasteiger partial charge in [-0.05, 0) is 32.4 Å². The molecule has 2 unspecified atom stereocenters. The van der Waals surface area contributed by atoms with Crippen molar-refractivity contribution < 1.29 is 9.47 Å². The third-order valence-electron chi connectivity index (χ3n) is 4.51. The number of likely N-dealkylation sites (N-methyl/N-ethyl adjacent to an activating group) is 1. The second kappa shape index (κ2) is 7.21. The summed E-state index contributed by atoms with van der Waals surface area (Å²) in [5, 5.41) is 3.73. The van der Waals surface area contributed by atoms with Gasteiger partial charge in [-0.25, -0.2) is 0 Å². The molecule has 2 fully saturated rings. The molecule has 4 nitrogen and oxygen atoms in total. The monoisotopic (exact) mass is 284 g/mol. The first-order valence-corrected chi connectivity index (χ1v) is 8.28. The largest absolute Gasteiger partial charge is 0.347 e. The predicted molar refractivity (Wildman–Crippen MR) is 81.8 cm³/mol. The first-order valence-electron chi connectivity index (χ1n) is 8.28. The van der Waals surface area contributed by atoms with Gasteiger partial charge < -0.3 is 19.7 Å². The van der Waals surface area contributed by atoms with Crippen molar-refractivity contribution in [1.82, 2.24) is 10.2 Å². The van der Waals surface area contributed by atoms with Crippen molar-refractivity contribution in [2.45, 2.75) is 64.3 Å². The molecule has 0 radical (unpaired) electrons. The van der Waals surface area contributed by atoms with E-state index in [1.54, 1.807) is 0 Å². The molecule has 0 aromatic carbocycles. The van der Waals surface area contributed by atoms with Crippen molar-refractivity contribution in [3.63, 3.8) is 0 Å². The van der Waals surface area contributed by atoms with Crippen LogP contribution in [0.1, 0.15) is 46.5 Å². The molecule has 0 bridgehead atoms. The van der Waals surface area contributed by atoms with E-state index in [2.05, 4.69) is 38.0 Å². The molecular formula is C16H32N2O2. The summed E-state index contributed by atoms with van der Waals surface area (Å²) in [4.78, 5) is 2.50. The minimum atomic E-state index is -0.291. The third kappa shape index (κ3) is 3.94. The number of hydrogen-bond donors (Lipinski definition) is 1. The van der Waals surface area contributed by atoms with Crippen molar-refractivity contribution in [3.05, 3.63) is 0 Å². The Kier molecular flexibility index (Phi) is 5.84. The van der Waals surface area contributed by atoms with Crippen LogP contribution in [0.5, 0.6) is 0 Å². The van der Waals surface area contributed by atoms with Gasteiger partial charge in [0.15, 0.2) is 5.79 Å². The van der Waals surface area contributed by atoms with Gasteiger partial charge >= 0.3 is 0 Å². The van der Waals surface area contributed by atoms with Crippen LogP contribution in [0.25, 0.3) is 0 Å². The fraction of sp³-hybridized carbons (Fsp3) is 1.00. The highest BCUT2D eigenvalue weighted by atomic mass is 16.7. The van der Waals surface area contributed by atoms with Crippen molar-refractivity contribution >= 4 is 0 Å². The average Bonchev–Trinajstić information content (AvgIpc) is 2.85. The molecule has 4 heteroatoms. The van der Waals surface area contributed by atoms with Crippen LogP contribution in [0.4, 0.5) is 0 Å². The standard InChI is InChI=1S/C16H32N2O2/c1-5-8-17-14-6-7-16(19-9-10-20-16)11-15(14)18(4)12-13(2)3/h13-15,17H,5-12H2,1-4H3.